The lowest BCUT2D eigenvalue weighted by Gasteiger charge is -2.04. The van der Waals surface area contributed by atoms with Gasteiger partial charge >= 0.3 is 0 Å². The largest absolute Gasteiger partial charge is 0.443 e. The quantitative estimate of drug-likeness (QED) is 0.904. The molecule has 0 aliphatic heterocycles. The van der Waals surface area contributed by atoms with Crippen molar-refractivity contribution >= 4 is 11.6 Å². The summed E-state index contributed by atoms with van der Waals surface area (Å²) in [5, 5.41) is 4.00. The predicted molar refractivity (Wildman–Crippen MR) is 69.1 cm³/mol. The molecule has 90 valence electrons. The molecule has 0 saturated heterocycles. The lowest BCUT2D eigenvalue weighted by molar-refractivity contribution is 0.570. The Balaban J connectivity index is 2.32. The van der Waals surface area contributed by atoms with Gasteiger partial charge in [-0.05, 0) is 37.2 Å². The van der Waals surface area contributed by atoms with Crippen LogP contribution in [0.4, 0.5) is 0 Å². The third-order valence-corrected chi connectivity index (χ3v) is 3.03. The second kappa shape index (κ2) is 5.34. The molecular weight excluding hydrogens is 236 g/mol. The molecule has 0 fully saturated rings. The van der Waals surface area contributed by atoms with Crippen molar-refractivity contribution in [2.75, 3.05) is 6.54 Å². The van der Waals surface area contributed by atoms with Crippen molar-refractivity contribution in [3.05, 3.63) is 40.9 Å². The highest BCUT2D eigenvalue weighted by Gasteiger charge is 2.10. The van der Waals surface area contributed by atoms with Crippen LogP contribution in [0.1, 0.15) is 18.2 Å². The van der Waals surface area contributed by atoms with Gasteiger partial charge in [-0.3, -0.25) is 0 Å². The maximum absolute atomic E-state index is 6.01. The van der Waals surface area contributed by atoms with Gasteiger partial charge in [0.1, 0.15) is 5.69 Å². The maximum atomic E-state index is 6.01. The number of oxazole rings is 1. The van der Waals surface area contributed by atoms with E-state index in [2.05, 4.69) is 17.2 Å². The Bertz CT molecular complexity index is 508. The molecule has 0 unspecified atom stereocenters. The molecule has 0 aliphatic rings. The molecule has 0 radical (unpaired) electrons. The highest BCUT2D eigenvalue weighted by Crippen LogP contribution is 2.27. The minimum Gasteiger partial charge on any atom is -0.443 e. The first-order chi connectivity index (χ1) is 8.22. The normalized spacial score (nSPS) is 10.8. The molecule has 1 aromatic carbocycles. The summed E-state index contributed by atoms with van der Waals surface area (Å²) >= 11 is 6.01. The molecule has 1 heterocycles. The molecule has 0 saturated carbocycles. The number of hydrogen-bond donors (Lipinski definition) is 1. The van der Waals surface area contributed by atoms with Crippen LogP contribution in [0.15, 0.2) is 29.0 Å². The first-order valence-corrected chi connectivity index (χ1v) is 5.99. The molecule has 1 aromatic heterocycles. The van der Waals surface area contributed by atoms with Crippen molar-refractivity contribution < 1.29 is 4.42 Å². The summed E-state index contributed by atoms with van der Waals surface area (Å²) in [5.41, 5.74) is 2.97. The van der Waals surface area contributed by atoms with E-state index in [0.717, 1.165) is 34.1 Å². The SMILES string of the molecule is CCNCc1ncoc1-c1ccc(Cl)c(C)c1. The highest BCUT2D eigenvalue weighted by atomic mass is 35.5. The smallest absolute Gasteiger partial charge is 0.181 e. The average molecular weight is 251 g/mol. The number of aromatic nitrogens is 1. The van der Waals surface area contributed by atoms with E-state index in [-0.39, 0.29) is 0 Å². The molecule has 0 amide bonds. The fourth-order valence-corrected chi connectivity index (χ4v) is 1.78. The van der Waals surface area contributed by atoms with E-state index >= 15 is 0 Å². The molecule has 2 rings (SSSR count). The van der Waals surface area contributed by atoms with Crippen LogP contribution in [0.25, 0.3) is 11.3 Å². The van der Waals surface area contributed by atoms with Crippen molar-refractivity contribution in [1.29, 1.82) is 0 Å². The predicted octanol–water partition coefficient (Wildman–Crippen LogP) is 3.41. The fourth-order valence-electron chi connectivity index (χ4n) is 1.66. The molecule has 17 heavy (non-hydrogen) atoms. The van der Waals surface area contributed by atoms with Crippen molar-refractivity contribution in [2.45, 2.75) is 20.4 Å². The van der Waals surface area contributed by atoms with Crippen LogP contribution in [-0.2, 0) is 6.54 Å². The van der Waals surface area contributed by atoms with Crippen LogP contribution in [0.5, 0.6) is 0 Å². The van der Waals surface area contributed by atoms with Crippen molar-refractivity contribution in [3.8, 4) is 11.3 Å². The van der Waals surface area contributed by atoms with Gasteiger partial charge in [-0.25, -0.2) is 4.98 Å². The van der Waals surface area contributed by atoms with E-state index < -0.39 is 0 Å². The van der Waals surface area contributed by atoms with Gasteiger partial charge in [0.2, 0.25) is 0 Å². The van der Waals surface area contributed by atoms with Crippen molar-refractivity contribution in [1.82, 2.24) is 10.3 Å². The molecule has 0 atom stereocenters. The van der Waals surface area contributed by atoms with Crippen LogP contribution in [-0.4, -0.2) is 11.5 Å². The third kappa shape index (κ3) is 2.68. The fraction of sp³-hybridized carbons (Fsp3) is 0.308. The number of aryl methyl sites for hydroxylation is 1. The molecule has 4 heteroatoms. The minimum absolute atomic E-state index is 0.712. The van der Waals surface area contributed by atoms with Gasteiger partial charge in [-0.1, -0.05) is 18.5 Å². The number of benzene rings is 1. The molecule has 1 N–H and O–H groups in total. The van der Waals surface area contributed by atoms with Crippen LogP contribution >= 0.6 is 11.6 Å². The number of halogens is 1. The van der Waals surface area contributed by atoms with E-state index in [0.29, 0.717) is 6.54 Å². The van der Waals surface area contributed by atoms with Crippen LogP contribution < -0.4 is 5.32 Å². The average Bonchev–Trinajstić information content (AvgIpc) is 2.78. The van der Waals surface area contributed by atoms with E-state index in [1.54, 1.807) is 0 Å². The van der Waals surface area contributed by atoms with Gasteiger partial charge in [0, 0.05) is 17.1 Å². The zero-order valence-electron chi connectivity index (χ0n) is 9.96. The molecule has 0 spiro atoms. The van der Waals surface area contributed by atoms with Gasteiger partial charge in [0.15, 0.2) is 12.2 Å². The first-order valence-electron chi connectivity index (χ1n) is 5.62. The van der Waals surface area contributed by atoms with Gasteiger partial charge in [0.05, 0.1) is 0 Å². The third-order valence-electron chi connectivity index (χ3n) is 2.60. The molecule has 0 bridgehead atoms. The van der Waals surface area contributed by atoms with E-state index in [1.807, 2.05) is 25.1 Å². The number of rotatable bonds is 4. The van der Waals surface area contributed by atoms with Crippen molar-refractivity contribution in [2.24, 2.45) is 0 Å². The Morgan fingerprint density at radius 1 is 1.41 bits per heavy atom. The number of nitrogens with one attached hydrogen (secondary N) is 1. The zero-order valence-corrected chi connectivity index (χ0v) is 10.7. The Morgan fingerprint density at radius 2 is 2.24 bits per heavy atom. The monoisotopic (exact) mass is 250 g/mol. The lowest BCUT2D eigenvalue weighted by atomic mass is 10.1. The second-order valence-electron chi connectivity index (χ2n) is 3.87. The molecule has 3 nitrogen and oxygen atoms in total. The van der Waals surface area contributed by atoms with E-state index in [9.17, 15) is 0 Å². The summed E-state index contributed by atoms with van der Waals surface area (Å²) in [6, 6.07) is 5.84. The molecule has 2 aromatic rings. The highest BCUT2D eigenvalue weighted by molar-refractivity contribution is 6.31. The Hall–Kier alpha value is -1.32. The molecular formula is C13H15ClN2O. The summed E-state index contributed by atoms with van der Waals surface area (Å²) in [6.45, 7) is 5.66. The Labute approximate surface area is 106 Å². The topological polar surface area (TPSA) is 38.1 Å². The van der Waals surface area contributed by atoms with Crippen LogP contribution in [0.2, 0.25) is 5.02 Å². The van der Waals surface area contributed by atoms with Crippen molar-refractivity contribution in [3.63, 3.8) is 0 Å². The van der Waals surface area contributed by atoms with Gasteiger partial charge in [0.25, 0.3) is 0 Å². The zero-order chi connectivity index (χ0) is 12.3. The summed E-state index contributed by atoms with van der Waals surface area (Å²) in [4.78, 5) is 4.22. The van der Waals surface area contributed by atoms with Gasteiger partial charge < -0.3 is 9.73 Å². The van der Waals surface area contributed by atoms with E-state index in [1.165, 1.54) is 6.39 Å². The van der Waals surface area contributed by atoms with Crippen LogP contribution in [0.3, 0.4) is 0 Å². The van der Waals surface area contributed by atoms with Gasteiger partial charge in [-0.2, -0.15) is 0 Å². The summed E-state index contributed by atoms with van der Waals surface area (Å²) in [7, 11) is 0. The Kier molecular flexibility index (Phi) is 3.82. The minimum atomic E-state index is 0.712. The lowest BCUT2D eigenvalue weighted by Crippen LogP contribution is -2.12. The Morgan fingerprint density at radius 3 is 2.94 bits per heavy atom. The first kappa shape index (κ1) is 12.1. The number of hydrogen-bond acceptors (Lipinski definition) is 3. The van der Waals surface area contributed by atoms with Crippen LogP contribution in [0, 0.1) is 6.92 Å². The second-order valence-corrected chi connectivity index (χ2v) is 4.28. The summed E-state index contributed by atoms with van der Waals surface area (Å²) in [5.74, 6) is 0.811. The number of nitrogens with zero attached hydrogens (tertiary/aromatic N) is 1. The maximum Gasteiger partial charge on any atom is 0.181 e. The molecule has 0 aliphatic carbocycles. The summed E-state index contributed by atoms with van der Waals surface area (Å²) in [6.07, 6.45) is 1.48. The standard InChI is InChI=1S/C13H15ClN2O/c1-3-15-7-12-13(17-8-16-12)10-4-5-11(14)9(2)6-10/h4-6,8,15H,3,7H2,1-2H3. The van der Waals surface area contributed by atoms with Gasteiger partial charge in [-0.15, -0.1) is 0 Å². The summed E-state index contributed by atoms with van der Waals surface area (Å²) < 4.78 is 5.45. The van der Waals surface area contributed by atoms with E-state index in [4.69, 9.17) is 16.0 Å².